The second-order valence-corrected chi connectivity index (χ2v) is 5.58. The monoisotopic (exact) mass is 399 g/mol. The topological polar surface area (TPSA) is 0 Å². The van der Waals surface area contributed by atoms with E-state index in [-0.39, 0.29) is 40.1 Å². The van der Waals surface area contributed by atoms with E-state index in [2.05, 4.69) is 98.0 Å². The molecule has 123 valence electrons. The number of hydrogen-bond donors (Lipinski definition) is 0. The normalized spacial score (nSPS) is 10.4. The zero-order valence-electron chi connectivity index (χ0n) is 14.8. The minimum Gasteiger partial charge on any atom is -0.358 e. The van der Waals surface area contributed by atoms with Gasteiger partial charge in [-0.1, -0.05) is 78.4 Å². The van der Waals surface area contributed by atoms with Crippen molar-refractivity contribution < 1.29 is 32.7 Å². The quantitative estimate of drug-likeness (QED) is 0.343. The van der Waals surface area contributed by atoms with Gasteiger partial charge in [0.2, 0.25) is 0 Å². The summed E-state index contributed by atoms with van der Waals surface area (Å²) in [5, 5.41) is 0. The van der Waals surface area contributed by atoms with Crippen LogP contribution in [0.25, 0.3) is 24.3 Å². The minimum atomic E-state index is 0. The molecule has 1 heteroatoms. The Labute approximate surface area is 177 Å². The van der Waals surface area contributed by atoms with Crippen LogP contribution in [0.4, 0.5) is 0 Å². The molecule has 0 aliphatic rings. The maximum Gasteiger partial charge on any atom is 0 e. The van der Waals surface area contributed by atoms with Gasteiger partial charge in [-0.15, -0.1) is 5.56 Å². The number of aryl methyl sites for hydroxylation is 1. The van der Waals surface area contributed by atoms with Crippen LogP contribution in [0, 0.1) is 20.4 Å². The first-order valence-corrected chi connectivity index (χ1v) is 7.79. The van der Waals surface area contributed by atoms with Crippen molar-refractivity contribution >= 4 is 24.3 Å². The van der Waals surface area contributed by atoms with E-state index in [9.17, 15) is 0 Å². The van der Waals surface area contributed by atoms with Crippen LogP contribution in [-0.2, 0) is 32.7 Å². The zero-order chi connectivity index (χ0) is 15.9. The third kappa shape index (κ3) is 6.94. The summed E-state index contributed by atoms with van der Waals surface area (Å²) in [6.07, 6.45) is 8.53. The molecule has 0 nitrogen and oxygen atoms in total. The van der Waals surface area contributed by atoms with E-state index in [0.717, 1.165) is 0 Å². The van der Waals surface area contributed by atoms with Crippen LogP contribution in [0.15, 0.2) is 72.8 Å². The molecule has 0 amide bonds. The molecular formula is C24H22Y-2. The molecule has 0 spiro atoms. The molecule has 3 aromatic carbocycles. The smallest absolute Gasteiger partial charge is 0 e. The van der Waals surface area contributed by atoms with E-state index in [0.29, 0.717) is 0 Å². The Morgan fingerprint density at radius 1 is 0.560 bits per heavy atom. The van der Waals surface area contributed by atoms with Crippen LogP contribution in [0.2, 0.25) is 0 Å². The van der Waals surface area contributed by atoms with Gasteiger partial charge < -0.3 is 7.43 Å². The molecule has 0 saturated carbocycles. The van der Waals surface area contributed by atoms with Gasteiger partial charge in [0.1, 0.15) is 0 Å². The van der Waals surface area contributed by atoms with Crippen molar-refractivity contribution in [2.45, 2.75) is 6.92 Å². The van der Waals surface area contributed by atoms with Crippen molar-refractivity contribution in [3.05, 3.63) is 114 Å². The van der Waals surface area contributed by atoms with Crippen molar-refractivity contribution in [2.75, 3.05) is 0 Å². The SMILES string of the molecule is Cc1ccc(/C=C/c2ccc(/C=C/c3cc[c-]cc3)cc2)cc1.[CH3-].[Y]. The van der Waals surface area contributed by atoms with E-state index in [1.807, 2.05) is 12.1 Å². The molecule has 3 rings (SSSR count). The first-order valence-electron chi connectivity index (χ1n) is 7.79. The van der Waals surface area contributed by atoms with Crippen molar-refractivity contribution in [1.82, 2.24) is 0 Å². The second-order valence-electron chi connectivity index (χ2n) is 5.58. The van der Waals surface area contributed by atoms with Gasteiger partial charge in [-0.25, -0.2) is 0 Å². The first kappa shape index (κ1) is 21.3. The summed E-state index contributed by atoms with van der Waals surface area (Å²) in [5.41, 5.74) is 6.10. The van der Waals surface area contributed by atoms with Crippen molar-refractivity contribution in [3.8, 4) is 0 Å². The Kier molecular flexibility index (Phi) is 9.34. The van der Waals surface area contributed by atoms with Gasteiger partial charge in [-0.3, -0.25) is 0 Å². The summed E-state index contributed by atoms with van der Waals surface area (Å²) in [4.78, 5) is 0. The third-order valence-electron chi connectivity index (χ3n) is 3.69. The van der Waals surface area contributed by atoms with Crippen LogP contribution < -0.4 is 0 Å². The molecule has 0 saturated heterocycles. The van der Waals surface area contributed by atoms with Gasteiger partial charge >= 0.3 is 0 Å². The Bertz CT molecular complexity index is 795. The van der Waals surface area contributed by atoms with Crippen LogP contribution >= 0.6 is 0 Å². The van der Waals surface area contributed by atoms with Gasteiger partial charge in [0.25, 0.3) is 0 Å². The predicted octanol–water partition coefficient (Wildman–Crippen LogP) is 6.58. The summed E-state index contributed by atoms with van der Waals surface area (Å²) in [6.45, 7) is 2.10. The summed E-state index contributed by atoms with van der Waals surface area (Å²) < 4.78 is 0. The van der Waals surface area contributed by atoms with Crippen LogP contribution in [0.5, 0.6) is 0 Å². The van der Waals surface area contributed by atoms with Crippen LogP contribution in [0.1, 0.15) is 27.8 Å². The molecule has 25 heavy (non-hydrogen) atoms. The van der Waals surface area contributed by atoms with Gasteiger partial charge in [0, 0.05) is 32.7 Å². The van der Waals surface area contributed by atoms with Gasteiger partial charge in [0.15, 0.2) is 0 Å². The van der Waals surface area contributed by atoms with E-state index in [1.165, 1.54) is 27.8 Å². The van der Waals surface area contributed by atoms with Gasteiger partial charge in [-0.05, 0) is 23.6 Å². The van der Waals surface area contributed by atoms with E-state index >= 15 is 0 Å². The van der Waals surface area contributed by atoms with Gasteiger partial charge in [-0.2, -0.15) is 30.3 Å². The molecule has 0 atom stereocenters. The molecule has 0 bridgehead atoms. The van der Waals surface area contributed by atoms with Gasteiger partial charge in [0.05, 0.1) is 0 Å². The average molecular weight is 399 g/mol. The number of rotatable bonds is 4. The first-order chi connectivity index (χ1) is 11.3. The van der Waals surface area contributed by atoms with E-state index in [4.69, 9.17) is 0 Å². The Morgan fingerprint density at radius 3 is 1.28 bits per heavy atom. The molecular weight excluding hydrogens is 377 g/mol. The standard InChI is InChI=1S/C23H19.CH3.Y/c1-19-7-9-21(10-8-19)13-14-23-17-15-22(16-18-23)12-11-20-5-3-2-4-6-20;;/h3-18H,1H3;1H3;/q2*-1;/b12-11+,14-13+;;. The minimum absolute atomic E-state index is 0. The van der Waals surface area contributed by atoms with Crippen molar-refractivity contribution in [1.29, 1.82) is 0 Å². The largest absolute Gasteiger partial charge is 0.358 e. The Balaban J connectivity index is 0.00000156. The zero-order valence-corrected chi connectivity index (χ0v) is 17.7. The van der Waals surface area contributed by atoms with Crippen LogP contribution in [0.3, 0.4) is 0 Å². The summed E-state index contributed by atoms with van der Waals surface area (Å²) >= 11 is 0. The third-order valence-corrected chi connectivity index (χ3v) is 3.69. The van der Waals surface area contributed by atoms with E-state index in [1.54, 1.807) is 0 Å². The maximum absolute atomic E-state index is 3.03. The van der Waals surface area contributed by atoms with E-state index < -0.39 is 0 Å². The van der Waals surface area contributed by atoms with Crippen molar-refractivity contribution in [3.63, 3.8) is 0 Å². The molecule has 1 radical (unpaired) electrons. The molecule has 0 heterocycles. The molecule has 0 aliphatic carbocycles. The number of benzene rings is 3. The molecule has 3 aromatic rings. The maximum atomic E-state index is 3.03. The fourth-order valence-corrected chi connectivity index (χ4v) is 2.29. The molecule has 0 aromatic heterocycles. The molecule has 0 aliphatic heterocycles. The van der Waals surface area contributed by atoms with Crippen molar-refractivity contribution in [2.24, 2.45) is 0 Å². The summed E-state index contributed by atoms with van der Waals surface area (Å²) in [5.74, 6) is 0. The van der Waals surface area contributed by atoms with Crippen LogP contribution in [-0.4, -0.2) is 0 Å². The Morgan fingerprint density at radius 2 is 0.880 bits per heavy atom. The average Bonchev–Trinajstić information content (AvgIpc) is 2.61. The number of hydrogen-bond acceptors (Lipinski definition) is 0. The molecule has 0 N–H and O–H groups in total. The fraction of sp³-hybridized carbons (Fsp3) is 0.0417. The molecule has 0 fully saturated rings. The fourth-order valence-electron chi connectivity index (χ4n) is 2.29. The summed E-state index contributed by atoms with van der Waals surface area (Å²) in [6, 6.07) is 28.1. The second kappa shape index (κ2) is 11.0. The summed E-state index contributed by atoms with van der Waals surface area (Å²) in [7, 11) is 0. The molecule has 0 unspecified atom stereocenters. The predicted molar refractivity (Wildman–Crippen MR) is 107 cm³/mol. The Hall–Kier alpha value is -1.76.